The smallest absolute Gasteiger partial charge is 0.330 e. The molecule has 0 fully saturated rings. The summed E-state index contributed by atoms with van der Waals surface area (Å²) in [6.45, 7) is -0.550. The fraction of sp³-hybridized carbons (Fsp3) is 0.259. The summed E-state index contributed by atoms with van der Waals surface area (Å²) in [5.41, 5.74) is 3.04. The number of fused-ring (bicyclic) bond motifs is 1. The van der Waals surface area contributed by atoms with Gasteiger partial charge in [-0.1, -0.05) is 53.0 Å². The molecule has 5 rings (SSSR count). The van der Waals surface area contributed by atoms with Gasteiger partial charge >= 0.3 is 12.1 Å². The standard InChI is InChI=1S/C27H22Cl3F3N4O3S/c28-19-4-1-17(2-5-19)25-13-21(35-37(25)24-8-6-20(29)12-23(24)30)14-34-41(39,40)22-7-3-16-9-10-36(15-18(16)11-22)26(38)27(31,32)33/h1-8,11-12,25,34H,9-10,13-15H2. The van der Waals surface area contributed by atoms with Gasteiger partial charge in [0.2, 0.25) is 10.0 Å². The number of sulfonamides is 1. The third-order valence-corrected chi connectivity index (χ3v) is 9.07. The Bertz CT molecular complexity index is 1630. The van der Waals surface area contributed by atoms with Gasteiger partial charge in [0.05, 0.1) is 33.9 Å². The Morgan fingerprint density at radius 1 is 0.976 bits per heavy atom. The highest BCUT2D eigenvalue weighted by molar-refractivity contribution is 7.89. The van der Waals surface area contributed by atoms with Gasteiger partial charge in [-0.15, -0.1) is 0 Å². The number of nitrogens with zero attached hydrogens (tertiary/aromatic N) is 3. The Kier molecular flexibility index (Phi) is 8.28. The molecule has 41 heavy (non-hydrogen) atoms. The van der Waals surface area contributed by atoms with Crippen molar-refractivity contribution in [2.24, 2.45) is 5.10 Å². The molecule has 3 aromatic carbocycles. The van der Waals surface area contributed by atoms with Gasteiger partial charge < -0.3 is 4.90 Å². The molecule has 0 bridgehead atoms. The zero-order chi connectivity index (χ0) is 29.5. The molecular formula is C27H22Cl3F3N4O3S. The van der Waals surface area contributed by atoms with Crippen molar-refractivity contribution in [1.82, 2.24) is 9.62 Å². The van der Waals surface area contributed by atoms with Crippen molar-refractivity contribution in [3.63, 3.8) is 0 Å². The largest absolute Gasteiger partial charge is 0.471 e. The maximum absolute atomic E-state index is 13.2. The third kappa shape index (κ3) is 6.49. The first kappa shape index (κ1) is 29.7. The van der Waals surface area contributed by atoms with Crippen LogP contribution in [0.25, 0.3) is 0 Å². The average Bonchev–Trinajstić information content (AvgIpc) is 3.35. The number of carbonyl (C=O) groups excluding carboxylic acids is 1. The lowest BCUT2D eigenvalue weighted by Crippen LogP contribution is -2.43. The minimum absolute atomic E-state index is 0.0988. The van der Waals surface area contributed by atoms with Crippen molar-refractivity contribution >= 4 is 62.1 Å². The summed E-state index contributed by atoms with van der Waals surface area (Å²) in [7, 11) is -4.07. The summed E-state index contributed by atoms with van der Waals surface area (Å²) in [6.07, 6.45) is -4.43. The molecule has 14 heteroatoms. The van der Waals surface area contributed by atoms with Crippen LogP contribution in [0.2, 0.25) is 15.1 Å². The zero-order valence-electron chi connectivity index (χ0n) is 21.1. The maximum Gasteiger partial charge on any atom is 0.471 e. The maximum atomic E-state index is 13.2. The van der Waals surface area contributed by atoms with E-state index in [2.05, 4.69) is 9.82 Å². The van der Waals surface area contributed by atoms with E-state index in [1.807, 2.05) is 12.1 Å². The van der Waals surface area contributed by atoms with Crippen molar-refractivity contribution in [3.8, 4) is 0 Å². The van der Waals surface area contributed by atoms with Crippen LogP contribution in [-0.4, -0.2) is 44.2 Å². The second-order valence-electron chi connectivity index (χ2n) is 9.61. The molecule has 0 saturated carbocycles. The molecular weight excluding hydrogens is 624 g/mol. The van der Waals surface area contributed by atoms with Crippen molar-refractivity contribution in [1.29, 1.82) is 0 Å². The van der Waals surface area contributed by atoms with Crippen molar-refractivity contribution in [2.75, 3.05) is 18.1 Å². The van der Waals surface area contributed by atoms with Gasteiger partial charge in [-0.3, -0.25) is 9.80 Å². The number of amides is 1. The summed E-state index contributed by atoms with van der Waals surface area (Å²) < 4.78 is 67.7. The minimum atomic E-state index is -5.00. The number of hydrogen-bond acceptors (Lipinski definition) is 5. The Hall–Kier alpha value is -2.83. The fourth-order valence-corrected chi connectivity index (χ4v) is 6.52. The molecule has 0 radical (unpaired) electrons. The Morgan fingerprint density at radius 3 is 2.37 bits per heavy atom. The van der Waals surface area contributed by atoms with Crippen LogP contribution in [0.1, 0.15) is 29.2 Å². The lowest BCUT2D eigenvalue weighted by molar-refractivity contribution is -0.186. The van der Waals surface area contributed by atoms with E-state index in [4.69, 9.17) is 34.8 Å². The van der Waals surface area contributed by atoms with Gasteiger partial charge in [-0.2, -0.15) is 18.3 Å². The molecule has 2 aliphatic rings. The summed E-state index contributed by atoms with van der Waals surface area (Å²) in [6, 6.07) is 16.2. The highest BCUT2D eigenvalue weighted by Crippen LogP contribution is 2.40. The minimum Gasteiger partial charge on any atom is -0.330 e. The van der Waals surface area contributed by atoms with Crippen LogP contribution in [0, 0.1) is 0 Å². The summed E-state index contributed by atoms with van der Waals surface area (Å²) >= 11 is 18.6. The lowest BCUT2D eigenvalue weighted by Gasteiger charge is -2.29. The molecule has 2 heterocycles. The third-order valence-electron chi connectivity index (χ3n) is 6.88. The highest BCUT2D eigenvalue weighted by Gasteiger charge is 2.43. The predicted octanol–water partition coefficient (Wildman–Crippen LogP) is 6.38. The topological polar surface area (TPSA) is 82.1 Å². The lowest BCUT2D eigenvalue weighted by atomic mass is 10.00. The number of carbonyl (C=O) groups is 1. The monoisotopic (exact) mass is 644 g/mol. The molecule has 0 saturated heterocycles. The fourth-order valence-electron chi connectivity index (χ4n) is 4.83. The van der Waals surface area contributed by atoms with E-state index >= 15 is 0 Å². The molecule has 1 unspecified atom stereocenters. The SMILES string of the molecule is O=C(N1CCc2ccc(S(=O)(=O)NCC3=NN(c4ccc(Cl)cc4Cl)C(c4ccc(Cl)cc4)C3)cc2C1)C(F)(F)F. The Balaban J connectivity index is 1.36. The molecule has 1 atom stereocenters. The first-order chi connectivity index (χ1) is 19.3. The van der Waals surface area contributed by atoms with Crippen molar-refractivity contribution in [2.45, 2.75) is 36.5 Å². The van der Waals surface area contributed by atoms with Crippen LogP contribution < -0.4 is 9.73 Å². The molecule has 0 aliphatic carbocycles. The quantitative estimate of drug-likeness (QED) is 0.338. The summed E-state index contributed by atoms with van der Waals surface area (Å²) in [5.74, 6) is -1.95. The zero-order valence-corrected chi connectivity index (χ0v) is 24.2. The number of hydrazone groups is 1. The predicted molar refractivity (Wildman–Crippen MR) is 152 cm³/mol. The van der Waals surface area contributed by atoms with Crippen LogP contribution in [-0.2, 0) is 27.8 Å². The first-order valence-corrected chi connectivity index (χ1v) is 15.0. The van der Waals surface area contributed by atoms with E-state index in [9.17, 15) is 26.4 Å². The normalized spacial score (nSPS) is 17.4. The van der Waals surface area contributed by atoms with E-state index in [1.54, 1.807) is 41.4 Å². The van der Waals surface area contributed by atoms with Crippen LogP contribution in [0.3, 0.4) is 0 Å². The molecule has 216 valence electrons. The summed E-state index contributed by atoms with van der Waals surface area (Å²) in [4.78, 5) is 12.3. The van der Waals surface area contributed by atoms with E-state index in [0.717, 1.165) is 5.56 Å². The van der Waals surface area contributed by atoms with Crippen molar-refractivity contribution in [3.05, 3.63) is 92.4 Å². The average molecular weight is 646 g/mol. The molecule has 1 amide bonds. The Morgan fingerprint density at radius 2 is 1.68 bits per heavy atom. The van der Waals surface area contributed by atoms with Gasteiger partial charge in [0.15, 0.2) is 0 Å². The number of alkyl halides is 3. The number of anilines is 1. The van der Waals surface area contributed by atoms with Gasteiger partial charge in [0.25, 0.3) is 0 Å². The van der Waals surface area contributed by atoms with Gasteiger partial charge in [-0.05, 0) is 65.6 Å². The van der Waals surface area contributed by atoms with Crippen LogP contribution in [0.5, 0.6) is 0 Å². The van der Waals surface area contributed by atoms with Gasteiger partial charge in [-0.25, -0.2) is 13.1 Å². The van der Waals surface area contributed by atoms with Crippen LogP contribution >= 0.6 is 34.8 Å². The molecule has 1 N–H and O–H groups in total. The van der Waals surface area contributed by atoms with Crippen molar-refractivity contribution < 1.29 is 26.4 Å². The Labute approximate surface area is 249 Å². The number of rotatable bonds is 6. The van der Waals surface area contributed by atoms with Gasteiger partial charge in [0.1, 0.15) is 0 Å². The second kappa shape index (κ2) is 11.4. The molecule has 3 aromatic rings. The molecule has 2 aliphatic heterocycles. The van der Waals surface area contributed by atoms with Crippen LogP contribution in [0.4, 0.5) is 18.9 Å². The van der Waals surface area contributed by atoms with Gasteiger partial charge in [0, 0.05) is 29.6 Å². The highest BCUT2D eigenvalue weighted by atomic mass is 35.5. The number of hydrogen-bond donors (Lipinski definition) is 1. The molecule has 0 aromatic heterocycles. The summed E-state index contributed by atoms with van der Waals surface area (Å²) in [5, 5.41) is 7.75. The number of benzene rings is 3. The number of halogens is 6. The molecule has 7 nitrogen and oxygen atoms in total. The van der Waals surface area contributed by atoms with E-state index < -0.39 is 22.1 Å². The van der Waals surface area contributed by atoms with E-state index in [0.29, 0.717) is 48.9 Å². The van der Waals surface area contributed by atoms with E-state index in [1.165, 1.54) is 12.1 Å². The van der Waals surface area contributed by atoms with Crippen LogP contribution in [0.15, 0.2) is 70.7 Å². The molecule has 0 spiro atoms. The number of nitrogens with one attached hydrogen (secondary N) is 1. The second-order valence-corrected chi connectivity index (χ2v) is 12.7. The van der Waals surface area contributed by atoms with E-state index in [-0.39, 0.29) is 37.0 Å². The first-order valence-electron chi connectivity index (χ1n) is 12.4.